The number of rotatable bonds is 1. The van der Waals surface area contributed by atoms with Crippen LogP contribution >= 0.6 is 0 Å². The van der Waals surface area contributed by atoms with Crippen LogP contribution in [0.25, 0.3) is 0 Å². The van der Waals surface area contributed by atoms with Crippen LogP contribution in [0.2, 0.25) is 0 Å². The van der Waals surface area contributed by atoms with Crippen molar-refractivity contribution < 1.29 is 0 Å². The molecule has 0 aromatic heterocycles. The number of nitrogens with zero attached hydrogens (tertiary/aromatic N) is 2. The lowest BCUT2D eigenvalue weighted by molar-refractivity contribution is 0.102. The molecule has 2 aliphatic heterocycles. The van der Waals surface area contributed by atoms with Gasteiger partial charge in [-0.25, -0.2) is 0 Å². The second kappa shape index (κ2) is 3.30. The molecule has 0 atom stereocenters. The highest BCUT2D eigenvalue weighted by molar-refractivity contribution is 5.12. The van der Waals surface area contributed by atoms with E-state index in [4.69, 9.17) is 0 Å². The largest absolute Gasteiger partial charge is 0.289 e. The van der Waals surface area contributed by atoms with Crippen molar-refractivity contribution in [3.05, 3.63) is 48.9 Å². The summed E-state index contributed by atoms with van der Waals surface area (Å²) < 4.78 is 0. The van der Waals surface area contributed by atoms with Crippen molar-refractivity contribution in [2.75, 3.05) is 13.1 Å². The van der Waals surface area contributed by atoms with Gasteiger partial charge < -0.3 is 0 Å². The monoisotopic (exact) mass is 160 g/mol. The second-order valence-electron chi connectivity index (χ2n) is 2.78. The molecule has 0 aromatic rings. The Labute approximate surface area is 72.7 Å². The Bertz CT molecular complexity index is 233. The molecule has 0 bridgehead atoms. The highest BCUT2D eigenvalue weighted by atomic mass is 15.6. The van der Waals surface area contributed by atoms with E-state index in [1.54, 1.807) is 0 Å². The van der Waals surface area contributed by atoms with Gasteiger partial charge in [0.25, 0.3) is 0 Å². The fraction of sp³-hybridized carbons (Fsp3) is 0.200. The third-order valence-corrected chi connectivity index (χ3v) is 1.93. The summed E-state index contributed by atoms with van der Waals surface area (Å²) in [6.45, 7) is 1.93. The molecule has 62 valence electrons. The minimum atomic E-state index is 0.967. The Balaban J connectivity index is 2.01. The third kappa shape index (κ3) is 1.42. The first-order valence-electron chi connectivity index (χ1n) is 4.17. The molecule has 0 saturated carbocycles. The van der Waals surface area contributed by atoms with Crippen LogP contribution in [0, 0.1) is 0 Å². The van der Waals surface area contributed by atoms with Crippen LogP contribution in [0.3, 0.4) is 0 Å². The molecule has 2 heterocycles. The molecule has 0 amide bonds. The predicted molar refractivity (Wildman–Crippen MR) is 50.0 cm³/mol. The van der Waals surface area contributed by atoms with Gasteiger partial charge in [0, 0.05) is 12.4 Å². The minimum absolute atomic E-state index is 0.967. The average Bonchev–Trinajstić information content (AvgIpc) is 2.21. The summed E-state index contributed by atoms with van der Waals surface area (Å²) in [5, 5.41) is 4.36. The van der Waals surface area contributed by atoms with Crippen LogP contribution in [0.1, 0.15) is 0 Å². The Morgan fingerprint density at radius 2 is 1.17 bits per heavy atom. The maximum Gasteiger partial charge on any atom is 0.0573 e. The first kappa shape index (κ1) is 7.22. The summed E-state index contributed by atoms with van der Waals surface area (Å²) in [6, 6.07) is 0. The Hall–Kier alpha value is -1.44. The third-order valence-electron chi connectivity index (χ3n) is 1.93. The zero-order valence-corrected chi connectivity index (χ0v) is 6.93. The summed E-state index contributed by atoms with van der Waals surface area (Å²) in [4.78, 5) is 0. The molecule has 0 N–H and O–H groups in total. The lowest BCUT2D eigenvalue weighted by atomic mass is 10.3. The molecule has 0 aliphatic carbocycles. The molecule has 2 nitrogen and oxygen atoms in total. The number of hydrazine groups is 1. The molecule has 0 unspecified atom stereocenters. The van der Waals surface area contributed by atoms with Crippen LogP contribution in [-0.4, -0.2) is 23.1 Å². The quantitative estimate of drug-likeness (QED) is 0.575. The van der Waals surface area contributed by atoms with Gasteiger partial charge >= 0.3 is 0 Å². The van der Waals surface area contributed by atoms with E-state index in [0.29, 0.717) is 0 Å². The lowest BCUT2D eigenvalue weighted by Crippen LogP contribution is -2.36. The van der Waals surface area contributed by atoms with Crippen molar-refractivity contribution in [1.82, 2.24) is 10.0 Å². The van der Waals surface area contributed by atoms with Crippen LogP contribution < -0.4 is 0 Å². The highest BCUT2D eigenvalue weighted by Gasteiger charge is 2.06. The lowest BCUT2D eigenvalue weighted by Gasteiger charge is -2.33. The summed E-state index contributed by atoms with van der Waals surface area (Å²) in [6.07, 6.45) is 16.7. The molecule has 0 saturated heterocycles. The maximum atomic E-state index is 2.18. The summed E-state index contributed by atoms with van der Waals surface area (Å²) in [7, 11) is 0. The van der Waals surface area contributed by atoms with E-state index in [-0.39, 0.29) is 0 Å². The average molecular weight is 160 g/mol. The Morgan fingerprint density at radius 3 is 1.50 bits per heavy atom. The van der Waals surface area contributed by atoms with Crippen molar-refractivity contribution >= 4 is 0 Å². The minimum Gasteiger partial charge on any atom is -0.289 e. The van der Waals surface area contributed by atoms with Crippen molar-refractivity contribution in [2.45, 2.75) is 0 Å². The van der Waals surface area contributed by atoms with E-state index in [0.717, 1.165) is 13.1 Å². The molecule has 0 aromatic carbocycles. The van der Waals surface area contributed by atoms with E-state index in [1.165, 1.54) is 0 Å². The van der Waals surface area contributed by atoms with E-state index in [1.807, 2.05) is 0 Å². The SMILES string of the molecule is C1=CCN(N2C=CC=CC2)C=C1. The van der Waals surface area contributed by atoms with E-state index in [2.05, 4.69) is 58.9 Å². The van der Waals surface area contributed by atoms with Gasteiger partial charge in [0.15, 0.2) is 0 Å². The van der Waals surface area contributed by atoms with Crippen LogP contribution in [0.4, 0.5) is 0 Å². The first-order valence-corrected chi connectivity index (χ1v) is 4.17. The molecule has 2 rings (SSSR count). The van der Waals surface area contributed by atoms with E-state index >= 15 is 0 Å². The van der Waals surface area contributed by atoms with Gasteiger partial charge in [-0.05, 0) is 12.2 Å². The fourth-order valence-corrected chi connectivity index (χ4v) is 1.30. The van der Waals surface area contributed by atoms with Gasteiger partial charge in [0.05, 0.1) is 13.1 Å². The van der Waals surface area contributed by atoms with Crippen LogP contribution in [0.5, 0.6) is 0 Å². The Morgan fingerprint density at radius 1 is 0.667 bits per heavy atom. The Kier molecular flexibility index (Phi) is 1.99. The summed E-state index contributed by atoms with van der Waals surface area (Å²) in [5.41, 5.74) is 0. The van der Waals surface area contributed by atoms with Gasteiger partial charge in [-0.3, -0.25) is 10.0 Å². The smallest absolute Gasteiger partial charge is 0.0573 e. The predicted octanol–water partition coefficient (Wildman–Crippen LogP) is 1.67. The molecule has 2 heteroatoms. The molecule has 0 radical (unpaired) electrons. The maximum absolute atomic E-state index is 2.18. The highest BCUT2D eigenvalue weighted by Crippen LogP contribution is 2.07. The molecule has 12 heavy (non-hydrogen) atoms. The second-order valence-corrected chi connectivity index (χ2v) is 2.78. The topological polar surface area (TPSA) is 6.48 Å². The van der Waals surface area contributed by atoms with Crippen LogP contribution in [0.15, 0.2) is 48.9 Å². The van der Waals surface area contributed by atoms with Gasteiger partial charge in [0.2, 0.25) is 0 Å². The normalized spacial score (nSPS) is 20.7. The number of hydrogen-bond acceptors (Lipinski definition) is 2. The number of hydrogen-bond donors (Lipinski definition) is 0. The van der Waals surface area contributed by atoms with Gasteiger partial charge in [-0.2, -0.15) is 0 Å². The van der Waals surface area contributed by atoms with E-state index in [9.17, 15) is 0 Å². The van der Waals surface area contributed by atoms with E-state index < -0.39 is 0 Å². The molecule has 0 fully saturated rings. The molecule has 2 aliphatic rings. The van der Waals surface area contributed by atoms with Gasteiger partial charge in [-0.15, -0.1) is 0 Å². The van der Waals surface area contributed by atoms with Crippen molar-refractivity contribution in [3.63, 3.8) is 0 Å². The van der Waals surface area contributed by atoms with Crippen molar-refractivity contribution in [1.29, 1.82) is 0 Å². The van der Waals surface area contributed by atoms with Gasteiger partial charge in [-0.1, -0.05) is 24.3 Å². The standard InChI is InChI=1S/C10H12N2/c1-3-7-11(8-4-1)12-9-5-2-6-10-12/h1-7,9H,8,10H2. The summed E-state index contributed by atoms with van der Waals surface area (Å²) >= 11 is 0. The fourth-order valence-electron chi connectivity index (χ4n) is 1.30. The molecular formula is C10H12N2. The molecular weight excluding hydrogens is 148 g/mol. The first-order chi connectivity index (χ1) is 5.97. The molecule has 0 spiro atoms. The zero-order chi connectivity index (χ0) is 8.23. The van der Waals surface area contributed by atoms with Crippen molar-refractivity contribution in [2.24, 2.45) is 0 Å². The summed E-state index contributed by atoms with van der Waals surface area (Å²) in [5.74, 6) is 0. The van der Waals surface area contributed by atoms with Gasteiger partial charge in [0.1, 0.15) is 0 Å². The number of allylic oxidation sites excluding steroid dienone is 4. The van der Waals surface area contributed by atoms with Crippen molar-refractivity contribution in [3.8, 4) is 0 Å². The van der Waals surface area contributed by atoms with Crippen LogP contribution in [-0.2, 0) is 0 Å². The zero-order valence-electron chi connectivity index (χ0n) is 6.93.